The van der Waals surface area contributed by atoms with E-state index in [4.69, 9.17) is 4.74 Å². The van der Waals surface area contributed by atoms with Crippen molar-refractivity contribution in [2.45, 2.75) is 12.5 Å². The van der Waals surface area contributed by atoms with Crippen LogP contribution in [0.5, 0.6) is 11.5 Å². The van der Waals surface area contributed by atoms with Crippen molar-refractivity contribution in [2.24, 2.45) is 5.10 Å². The number of ether oxygens (including phenoxy) is 2. The molecule has 0 aliphatic rings. The zero-order valence-electron chi connectivity index (χ0n) is 13.5. The summed E-state index contributed by atoms with van der Waals surface area (Å²) in [5.41, 5.74) is 2.70. The smallest absolute Gasteiger partial charge is 0.461 e. The Hall–Kier alpha value is -3.10. The maximum atomic E-state index is 12.9. The third-order valence-corrected chi connectivity index (χ3v) is 3.11. The Morgan fingerprint density at radius 2 is 1.92 bits per heavy atom. The largest absolute Gasteiger partial charge is 0.496 e. The van der Waals surface area contributed by atoms with Gasteiger partial charge in [0.05, 0.1) is 13.3 Å². The Bertz CT molecular complexity index is 797. The number of halogens is 4. The van der Waals surface area contributed by atoms with Crippen LogP contribution in [0, 0.1) is 0 Å². The van der Waals surface area contributed by atoms with Crippen molar-refractivity contribution in [1.82, 2.24) is 5.43 Å². The Kier molecular flexibility index (Phi) is 6.16. The van der Waals surface area contributed by atoms with Crippen LogP contribution in [0.1, 0.15) is 15.9 Å². The molecule has 9 heteroatoms. The number of hydrogen-bond donors (Lipinski definition) is 1. The third kappa shape index (κ3) is 4.95. The molecule has 138 valence electrons. The molecular weight excluding hydrogens is 356 g/mol. The van der Waals surface area contributed by atoms with Gasteiger partial charge >= 0.3 is 12.5 Å². The first-order chi connectivity index (χ1) is 12.3. The molecule has 0 heterocycles. The second kappa shape index (κ2) is 8.32. The molecular formula is C17H14F4N2O3. The number of benzene rings is 2. The van der Waals surface area contributed by atoms with Crippen molar-refractivity contribution in [2.75, 3.05) is 7.11 Å². The van der Waals surface area contributed by atoms with E-state index in [-0.39, 0.29) is 5.56 Å². The molecule has 26 heavy (non-hydrogen) atoms. The number of alkyl halides is 4. The van der Waals surface area contributed by atoms with Gasteiger partial charge in [0.1, 0.15) is 11.5 Å². The molecule has 0 aliphatic heterocycles. The lowest BCUT2D eigenvalue weighted by Crippen LogP contribution is -2.33. The molecule has 2 rings (SSSR count). The number of amides is 1. The first kappa shape index (κ1) is 19.2. The normalized spacial score (nSPS) is 11.6. The molecule has 0 atom stereocenters. The molecule has 0 spiro atoms. The van der Waals surface area contributed by atoms with Gasteiger partial charge in [-0.05, 0) is 30.3 Å². The van der Waals surface area contributed by atoms with Crippen LogP contribution in [0.2, 0.25) is 0 Å². The van der Waals surface area contributed by atoms with Gasteiger partial charge in [0.25, 0.3) is 5.91 Å². The minimum absolute atomic E-state index is 0.0928. The highest BCUT2D eigenvalue weighted by Gasteiger charge is 2.44. The number of hydrogen-bond acceptors (Lipinski definition) is 4. The van der Waals surface area contributed by atoms with Crippen LogP contribution in [0.4, 0.5) is 17.6 Å². The monoisotopic (exact) mass is 370 g/mol. The average molecular weight is 370 g/mol. The van der Waals surface area contributed by atoms with E-state index in [1.54, 1.807) is 24.3 Å². The molecule has 0 saturated carbocycles. The van der Waals surface area contributed by atoms with Crippen molar-refractivity contribution in [3.05, 3.63) is 59.7 Å². The highest BCUT2D eigenvalue weighted by molar-refractivity contribution is 5.95. The van der Waals surface area contributed by atoms with Crippen LogP contribution in [0.25, 0.3) is 0 Å². The molecule has 1 N–H and O–H groups in total. The van der Waals surface area contributed by atoms with Crippen molar-refractivity contribution in [3.8, 4) is 11.5 Å². The molecule has 0 aliphatic carbocycles. The SMILES string of the molecule is COc1ccccc1/C=N\NC(=O)c1cccc(OC(F)(F)C(F)F)c1. The van der Waals surface area contributed by atoms with Gasteiger partial charge < -0.3 is 9.47 Å². The molecule has 0 unspecified atom stereocenters. The fourth-order valence-electron chi connectivity index (χ4n) is 1.90. The summed E-state index contributed by atoms with van der Waals surface area (Å²) in [6.45, 7) is 0. The van der Waals surface area contributed by atoms with Crippen LogP contribution >= 0.6 is 0 Å². The zero-order chi connectivity index (χ0) is 19.2. The van der Waals surface area contributed by atoms with Crippen molar-refractivity contribution in [3.63, 3.8) is 0 Å². The van der Waals surface area contributed by atoms with E-state index in [1.165, 1.54) is 25.5 Å². The molecule has 2 aromatic carbocycles. The third-order valence-electron chi connectivity index (χ3n) is 3.11. The van der Waals surface area contributed by atoms with Gasteiger partial charge in [0.15, 0.2) is 0 Å². The summed E-state index contributed by atoms with van der Waals surface area (Å²) in [4.78, 5) is 12.0. The Morgan fingerprint density at radius 3 is 2.62 bits per heavy atom. The van der Waals surface area contributed by atoms with Gasteiger partial charge in [0, 0.05) is 11.1 Å². The second-order valence-corrected chi connectivity index (χ2v) is 4.93. The molecule has 0 bridgehead atoms. The summed E-state index contributed by atoms with van der Waals surface area (Å²) in [6.07, 6.45) is -7.32. The number of hydrazone groups is 1. The number of methoxy groups -OCH3 is 1. The van der Waals surface area contributed by atoms with Crippen LogP contribution in [-0.2, 0) is 0 Å². The molecule has 0 saturated heterocycles. The van der Waals surface area contributed by atoms with E-state index in [0.29, 0.717) is 11.3 Å². The Balaban J connectivity index is 2.06. The number of carbonyl (C=O) groups excluding carboxylic acids is 1. The van der Waals surface area contributed by atoms with Gasteiger partial charge in [0.2, 0.25) is 0 Å². The van der Waals surface area contributed by atoms with E-state index >= 15 is 0 Å². The number of carbonyl (C=O) groups is 1. The van der Waals surface area contributed by atoms with Crippen LogP contribution in [0.15, 0.2) is 53.6 Å². The standard InChI is InChI=1S/C17H14F4N2O3/c1-25-14-8-3-2-5-12(14)10-22-23-15(24)11-6-4-7-13(9-11)26-17(20,21)16(18)19/h2-10,16H,1H3,(H,23,24)/b22-10-. The van der Waals surface area contributed by atoms with Gasteiger partial charge in [-0.15, -0.1) is 0 Å². The summed E-state index contributed by atoms with van der Waals surface area (Å²) in [7, 11) is 1.48. The summed E-state index contributed by atoms with van der Waals surface area (Å²) in [5.74, 6) is -0.770. The molecule has 0 fully saturated rings. The van der Waals surface area contributed by atoms with Crippen molar-refractivity contribution < 1.29 is 31.8 Å². The van der Waals surface area contributed by atoms with Crippen LogP contribution in [-0.4, -0.2) is 31.8 Å². The molecule has 0 aromatic heterocycles. The molecule has 0 radical (unpaired) electrons. The highest BCUT2D eigenvalue weighted by Crippen LogP contribution is 2.27. The number of nitrogens with zero attached hydrogens (tertiary/aromatic N) is 1. The highest BCUT2D eigenvalue weighted by atomic mass is 19.3. The first-order valence-electron chi connectivity index (χ1n) is 7.25. The van der Waals surface area contributed by atoms with Gasteiger partial charge in [-0.2, -0.15) is 22.7 Å². The predicted molar refractivity (Wildman–Crippen MR) is 86.1 cm³/mol. The van der Waals surface area contributed by atoms with E-state index in [2.05, 4.69) is 15.3 Å². The topological polar surface area (TPSA) is 59.9 Å². The molecule has 1 amide bonds. The summed E-state index contributed by atoms with van der Waals surface area (Å²) in [5, 5.41) is 3.75. The summed E-state index contributed by atoms with van der Waals surface area (Å²) in [6, 6.07) is 11.4. The number of rotatable bonds is 7. The molecule has 2 aromatic rings. The van der Waals surface area contributed by atoms with E-state index in [0.717, 1.165) is 12.1 Å². The van der Waals surface area contributed by atoms with Crippen molar-refractivity contribution in [1.29, 1.82) is 0 Å². The first-order valence-corrected chi connectivity index (χ1v) is 7.25. The lowest BCUT2D eigenvalue weighted by Gasteiger charge is -2.17. The van der Waals surface area contributed by atoms with E-state index < -0.39 is 24.2 Å². The van der Waals surface area contributed by atoms with Crippen molar-refractivity contribution >= 4 is 12.1 Å². The summed E-state index contributed by atoms with van der Waals surface area (Å²) >= 11 is 0. The van der Waals surface area contributed by atoms with Gasteiger partial charge in [-0.3, -0.25) is 4.79 Å². The summed E-state index contributed by atoms with van der Waals surface area (Å²) < 4.78 is 59.2. The maximum Gasteiger partial charge on any atom is 0.461 e. The Labute approximate surface area is 146 Å². The molecule has 5 nitrogen and oxygen atoms in total. The van der Waals surface area contributed by atoms with Crippen LogP contribution < -0.4 is 14.9 Å². The number of nitrogens with one attached hydrogen (secondary N) is 1. The van der Waals surface area contributed by atoms with E-state index in [1.807, 2.05) is 0 Å². The fraction of sp³-hybridized carbons (Fsp3) is 0.176. The Morgan fingerprint density at radius 1 is 1.19 bits per heavy atom. The minimum Gasteiger partial charge on any atom is -0.496 e. The second-order valence-electron chi connectivity index (χ2n) is 4.93. The fourth-order valence-corrected chi connectivity index (χ4v) is 1.90. The quantitative estimate of drug-likeness (QED) is 0.459. The maximum absolute atomic E-state index is 12.9. The van der Waals surface area contributed by atoms with Crippen LogP contribution in [0.3, 0.4) is 0 Å². The van der Waals surface area contributed by atoms with E-state index in [9.17, 15) is 22.4 Å². The lowest BCUT2D eigenvalue weighted by atomic mass is 10.2. The average Bonchev–Trinajstić information content (AvgIpc) is 2.61. The number of para-hydroxylation sites is 1. The lowest BCUT2D eigenvalue weighted by molar-refractivity contribution is -0.253. The van der Waals surface area contributed by atoms with Gasteiger partial charge in [-0.25, -0.2) is 5.43 Å². The van der Waals surface area contributed by atoms with Gasteiger partial charge in [-0.1, -0.05) is 18.2 Å². The predicted octanol–water partition coefficient (Wildman–Crippen LogP) is 3.70. The zero-order valence-corrected chi connectivity index (χ0v) is 13.5. The minimum atomic E-state index is -4.66.